The number of furan rings is 1. The number of aromatic nitrogens is 3. The van der Waals surface area contributed by atoms with Crippen molar-refractivity contribution < 1.29 is 14.0 Å². The number of nitrogens with one attached hydrogen (secondary N) is 1. The van der Waals surface area contributed by atoms with Crippen LogP contribution in [0.15, 0.2) is 35.2 Å². The molecular weight excluding hydrogens is 366 g/mol. The van der Waals surface area contributed by atoms with Gasteiger partial charge in [0.15, 0.2) is 16.7 Å². The van der Waals surface area contributed by atoms with Gasteiger partial charge < -0.3 is 19.2 Å². The van der Waals surface area contributed by atoms with E-state index in [2.05, 4.69) is 15.3 Å². The number of hydrogen-bond acceptors (Lipinski definition) is 6. The van der Waals surface area contributed by atoms with Gasteiger partial charge >= 0.3 is 0 Å². The topological polar surface area (TPSA) is 93.3 Å². The second-order valence-electron chi connectivity index (χ2n) is 6.42. The smallest absolute Gasteiger partial charge is 0.290 e. The fourth-order valence-corrected chi connectivity index (χ4v) is 4.26. The van der Waals surface area contributed by atoms with Gasteiger partial charge in [-0.3, -0.25) is 9.59 Å². The van der Waals surface area contributed by atoms with Crippen LogP contribution in [-0.4, -0.2) is 43.8 Å². The summed E-state index contributed by atoms with van der Waals surface area (Å²) in [6.45, 7) is 2.42. The molecule has 140 valence electrons. The highest BCUT2D eigenvalue weighted by atomic mass is 32.1. The van der Waals surface area contributed by atoms with Gasteiger partial charge in [-0.1, -0.05) is 11.3 Å². The lowest BCUT2D eigenvalue weighted by atomic mass is 10.2. The highest BCUT2D eigenvalue weighted by Crippen LogP contribution is 2.32. The summed E-state index contributed by atoms with van der Waals surface area (Å²) in [5, 5.41) is 3.37. The van der Waals surface area contributed by atoms with Crippen LogP contribution in [0.5, 0.6) is 0 Å². The molecule has 1 N–H and O–H groups in total. The lowest BCUT2D eigenvalue weighted by Crippen LogP contribution is -2.43. The Labute approximate surface area is 159 Å². The first-order valence-electron chi connectivity index (χ1n) is 8.65. The maximum absolute atomic E-state index is 12.8. The van der Waals surface area contributed by atoms with E-state index in [1.54, 1.807) is 23.2 Å². The molecule has 8 nitrogen and oxygen atoms in total. The zero-order valence-electron chi connectivity index (χ0n) is 15.0. The van der Waals surface area contributed by atoms with Crippen LogP contribution in [0, 0.1) is 6.92 Å². The Kier molecular flexibility index (Phi) is 4.53. The number of aryl methyl sites for hydroxylation is 2. The molecule has 3 aromatic heterocycles. The molecule has 1 aliphatic heterocycles. The van der Waals surface area contributed by atoms with Crippen LogP contribution < -0.4 is 5.32 Å². The lowest BCUT2D eigenvalue weighted by Gasteiger charge is -2.22. The van der Waals surface area contributed by atoms with Gasteiger partial charge in [-0.25, -0.2) is 9.97 Å². The Morgan fingerprint density at radius 2 is 2.26 bits per heavy atom. The van der Waals surface area contributed by atoms with Crippen LogP contribution in [-0.2, 0) is 11.8 Å². The monoisotopic (exact) mass is 385 g/mol. The third kappa shape index (κ3) is 3.25. The van der Waals surface area contributed by atoms with Crippen LogP contribution in [0.3, 0.4) is 0 Å². The zero-order chi connectivity index (χ0) is 19.0. The van der Waals surface area contributed by atoms with E-state index in [-0.39, 0.29) is 17.6 Å². The van der Waals surface area contributed by atoms with Gasteiger partial charge in [-0.2, -0.15) is 0 Å². The summed E-state index contributed by atoms with van der Waals surface area (Å²) in [6, 6.07) is 2.75. The minimum Gasteiger partial charge on any atom is -0.459 e. The molecule has 0 saturated carbocycles. The molecule has 0 bridgehead atoms. The fraction of sp³-hybridized carbons (Fsp3) is 0.333. The first-order chi connectivity index (χ1) is 13.0. The number of carbonyl (C=O) groups is 2. The van der Waals surface area contributed by atoms with E-state index in [0.717, 1.165) is 22.8 Å². The van der Waals surface area contributed by atoms with Crippen LogP contribution in [0.4, 0.5) is 5.13 Å². The summed E-state index contributed by atoms with van der Waals surface area (Å²) >= 11 is 1.38. The Morgan fingerprint density at radius 3 is 2.96 bits per heavy atom. The van der Waals surface area contributed by atoms with Crippen molar-refractivity contribution in [3.8, 4) is 10.7 Å². The molecule has 0 radical (unpaired) electrons. The van der Waals surface area contributed by atoms with Crippen molar-refractivity contribution in [3.05, 3.63) is 42.2 Å². The predicted octanol–water partition coefficient (Wildman–Crippen LogP) is 2.69. The molecule has 0 unspecified atom stereocenters. The standard InChI is InChI=1S/C18H19N5O3S/c1-11-14(15-19-7-9-22(15)2)27-18(20-11)21-16(24)12-5-3-8-23(12)17(25)13-6-4-10-26-13/h4,6-7,9-10,12H,3,5,8H2,1-2H3,(H,20,21,24)/t12-/m1/s1. The first kappa shape index (κ1) is 17.5. The molecule has 2 amide bonds. The van der Waals surface area contributed by atoms with Gasteiger partial charge in [-0.15, -0.1) is 0 Å². The van der Waals surface area contributed by atoms with Crippen molar-refractivity contribution >= 4 is 28.3 Å². The number of carbonyl (C=O) groups excluding carboxylic acids is 2. The summed E-state index contributed by atoms with van der Waals surface area (Å²) in [4.78, 5) is 36.6. The fourth-order valence-electron chi connectivity index (χ4n) is 3.25. The Morgan fingerprint density at radius 1 is 1.41 bits per heavy atom. The molecule has 0 aromatic carbocycles. The van der Waals surface area contributed by atoms with Crippen molar-refractivity contribution in [2.75, 3.05) is 11.9 Å². The van der Waals surface area contributed by atoms with Crippen molar-refractivity contribution in [1.29, 1.82) is 0 Å². The van der Waals surface area contributed by atoms with Gasteiger partial charge in [0, 0.05) is 26.0 Å². The average molecular weight is 385 g/mol. The number of hydrogen-bond donors (Lipinski definition) is 1. The van der Waals surface area contributed by atoms with Gasteiger partial charge in [0.25, 0.3) is 5.91 Å². The molecule has 3 aromatic rings. The van der Waals surface area contributed by atoms with Crippen LogP contribution >= 0.6 is 11.3 Å². The molecule has 1 saturated heterocycles. The number of likely N-dealkylation sites (tertiary alicyclic amines) is 1. The summed E-state index contributed by atoms with van der Waals surface area (Å²) in [7, 11) is 1.91. The molecule has 9 heteroatoms. The number of imidazole rings is 1. The van der Waals surface area contributed by atoms with E-state index in [9.17, 15) is 9.59 Å². The van der Waals surface area contributed by atoms with Gasteiger partial charge in [0.1, 0.15) is 6.04 Å². The van der Waals surface area contributed by atoms with Crippen LogP contribution in [0.2, 0.25) is 0 Å². The zero-order valence-corrected chi connectivity index (χ0v) is 15.8. The van der Waals surface area contributed by atoms with E-state index >= 15 is 0 Å². The van der Waals surface area contributed by atoms with Crippen molar-refractivity contribution in [2.45, 2.75) is 25.8 Å². The molecule has 1 fully saturated rings. The largest absolute Gasteiger partial charge is 0.459 e. The number of nitrogens with zero attached hydrogens (tertiary/aromatic N) is 4. The van der Waals surface area contributed by atoms with Gasteiger partial charge in [0.2, 0.25) is 5.91 Å². The number of anilines is 1. The maximum Gasteiger partial charge on any atom is 0.290 e. The van der Waals surface area contributed by atoms with E-state index in [4.69, 9.17) is 4.42 Å². The van der Waals surface area contributed by atoms with E-state index in [1.807, 2.05) is 24.7 Å². The second kappa shape index (κ2) is 6.99. The minimum atomic E-state index is -0.525. The molecular formula is C18H19N5O3S. The van der Waals surface area contributed by atoms with E-state index in [0.29, 0.717) is 18.1 Å². The number of rotatable bonds is 4. The molecule has 27 heavy (non-hydrogen) atoms. The third-order valence-corrected chi connectivity index (χ3v) is 5.67. The normalized spacial score (nSPS) is 16.7. The Balaban J connectivity index is 1.51. The predicted molar refractivity (Wildman–Crippen MR) is 100 cm³/mol. The van der Waals surface area contributed by atoms with Gasteiger partial charge in [-0.05, 0) is 31.9 Å². The first-order valence-corrected chi connectivity index (χ1v) is 9.46. The second-order valence-corrected chi connectivity index (χ2v) is 7.42. The van der Waals surface area contributed by atoms with Gasteiger partial charge in [0.05, 0.1) is 16.8 Å². The Bertz CT molecular complexity index is 975. The third-order valence-electron chi connectivity index (χ3n) is 4.60. The summed E-state index contributed by atoms with van der Waals surface area (Å²) in [5.74, 6) is 0.562. The SMILES string of the molecule is Cc1nc(NC(=O)[C@H]2CCCN2C(=O)c2ccco2)sc1-c1nccn1C. The quantitative estimate of drug-likeness (QED) is 0.745. The molecule has 4 heterocycles. The van der Waals surface area contributed by atoms with Crippen molar-refractivity contribution in [2.24, 2.45) is 7.05 Å². The molecule has 0 spiro atoms. The van der Waals surface area contributed by atoms with Crippen LogP contribution in [0.25, 0.3) is 10.7 Å². The number of amides is 2. The maximum atomic E-state index is 12.8. The summed E-state index contributed by atoms with van der Waals surface area (Å²) < 4.78 is 7.09. The van der Waals surface area contributed by atoms with E-state index < -0.39 is 6.04 Å². The minimum absolute atomic E-state index is 0.229. The van der Waals surface area contributed by atoms with Crippen molar-refractivity contribution in [1.82, 2.24) is 19.4 Å². The summed E-state index contributed by atoms with van der Waals surface area (Å²) in [5.41, 5.74) is 0.805. The molecule has 1 aliphatic rings. The highest BCUT2D eigenvalue weighted by Gasteiger charge is 2.36. The average Bonchev–Trinajstić information content (AvgIpc) is 3.42. The molecule has 0 aliphatic carbocycles. The van der Waals surface area contributed by atoms with Crippen molar-refractivity contribution in [3.63, 3.8) is 0 Å². The number of thiazole rings is 1. The van der Waals surface area contributed by atoms with Crippen LogP contribution in [0.1, 0.15) is 29.1 Å². The highest BCUT2D eigenvalue weighted by molar-refractivity contribution is 7.19. The summed E-state index contributed by atoms with van der Waals surface area (Å²) in [6.07, 6.45) is 6.44. The molecule has 4 rings (SSSR count). The Hall–Kier alpha value is -2.94. The molecule has 1 atom stereocenters. The lowest BCUT2D eigenvalue weighted by molar-refractivity contribution is -0.119. The van der Waals surface area contributed by atoms with E-state index in [1.165, 1.54) is 17.6 Å².